The van der Waals surface area contributed by atoms with E-state index in [1.165, 1.54) is 0 Å². The zero-order valence-electron chi connectivity index (χ0n) is 1.72. The van der Waals surface area contributed by atoms with Crippen LogP contribution in [0.15, 0.2) is 0 Å². The molecule has 0 aromatic rings. The van der Waals surface area contributed by atoms with Crippen LogP contribution in [0.5, 0.6) is 0 Å². The first-order chi connectivity index (χ1) is 0. The van der Waals surface area contributed by atoms with Crippen LogP contribution in [0.3, 0.4) is 0 Å². The van der Waals surface area contributed by atoms with Gasteiger partial charge in [-0.15, -0.1) is 0 Å². The first kappa shape index (κ1) is 25.1. The van der Waals surface area contributed by atoms with Gasteiger partial charge in [0.05, 0.1) is 0 Å². The van der Waals surface area contributed by atoms with E-state index >= 15 is 0 Å². The van der Waals surface area contributed by atoms with E-state index in [1.807, 2.05) is 0 Å². The Morgan fingerprint density at radius 3 is 0.500 bits per heavy atom. The van der Waals surface area contributed by atoms with Crippen molar-refractivity contribution >= 4 is 23.9 Å². The number of rotatable bonds is 0. The molecule has 0 spiro atoms. The zero-order valence-corrected chi connectivity index (χ0v) is 14.8. The van der Waals surface area contributed by atoms with Crippen LogP contribution in [0.2, 0.25) is 0 Å². The van der Waals surface area contributed by atoms with Crippen LogP contribution in [0.25, 0.3) is 0 Å². The van der Waals surface area contributed by atoms with Crippen molar-refractivity contribution < 1.29 is 87.5 Å². The van der Waals surface area contributed by atoms with Crippen LogP contribution in [-0.2, 0) is 0 Å². The van der Waals surface area contributed by atoms with Crippen LogP contribution >= 0.6 is 0 Å². The van der Waals surface area contributed by atoms with Gasteiger partial charge in [-0.2, -0.15) is 0 Å². The second-order valence-electron chi connectivity index (χ2n) is 0. The molecule has 0 nitrogen and oxygen atoms in total. The van der Waals surface area contributed by atoms with Gasteiger partial charge in [-0.25, -0.2) is 0 Å². The molecule has 0 saturated heterocycles. The normalized spacial score (nSPS) is 0. The molecule has 0 aromatic carbocycles. The molecule has 0 bridgehead atoms. The van der Waals surface area contributed by atoms with E-state index < -0.39 is 0 Å². The first-order valence-corrected chi connectivity index (χ1v) is 0. The van der Waals surface area contributed by atoms with Gasteiger partial charge in [-0.3, -0.25) is 0 Å². The molecule has 0 amide bonds. The van der Waals surface area contributed by atoms with E-state index in [-0.39, 0.29) is 111 Å². The van der Waals surface area contributed by atoms with Gasteiger partial charge in [-0.1, -0.05) is 0 Å². The van der Waals surface area contributed by atoms with Gasteiger partial charge in [-0.05, 0) is 0 Å². The maximum absolute atomic E-state index is 0. The molecule has 0 saturated carbocycles. The van der Waals surface area contributed by atoms with Crippen molar-refractivity contribution in [1.82, 2.24) is 0 Å². The first-order valence-electron chi connectivity index (χ1n) is 0. The summed E-state index contributed by atoms with van der Waals surface area (Å²) < 4.78 is 0. The van der Waals surface area contributed by atoms with Crippen LogP contribution in [0.1, 0.15) is 0 Å². The van der Waals surface area contributed by atoms with Crippen LogP contribution < -0.4 is 0 Å². The second kappa shape index (κ2) is 15.9. The molecule has 4 heavy (non-hydrogen) atoms. The summed E-state index contributed by atoms with van der Waals surface area (Å²) in [7, 11) is 0. The van der Waals surface area contributed by atoms with E-state index in [1.54, 1.807) is 0 Å². The van der Waals surface area contributed by atoms with E-state index in [9.17, 15) is 0 Å². The fraction of sp³-hybridized carbons (Fsp3) is 0. The average molecular weight is 851 g/mol. The molecule has 0 aliphatic heterocycles. The summed E-state index contributed by atoms with van der Waals surface area (Å²) in [5.74, 6) is 0. The maximum atomic E-state index is 0. The fourth-order valence-electron chi connectivity index (χ4n) is 0. The quantitative estimate of drug-likeness (QED) is 0.292. The molecule has 0 rings (SSSR count). The Hall–Kier alpha value is 3.76. The van der Waals surface area contributed by atoms with Gasteiger partial charge in [0.25, 0.3) is 0 Å². The Morgan fingerprint density at radius 2 is 0.500 bits per heavy atom. The van der Waals surface area contributed by atoms with Crippen molar-refractivity contribution in [2.75, 3.05) is 0 Å². The Labute approximate surface area is 109 Å². The predicted octanol–water partition coefficient (Wildman–Crippen LogP) is -0.381. The monoisotopic (exact) mass is 834 g/mol. The van der Waals surface area contributed by atoms with Crippen molar-refractivity contribution in [2.45, 2.75) is 0 Å². The predicted molar refractivity (Wildman–Crippen MR) is 5.75 cm³/mol. The van der Waals surface area contributed by atoms with Crippen molar-refractivity contribution in [3.63, 3.8) is 0 Å². The molecular weight excluding hydrogens is 851 g/mol. The molecule has 0 heterocycles. The molecule has 0 aliphatic carbocycles. The molecule has 22 valence electrons. The number of hydrogen-bond donors (Lipinski definition) is 0. The zero-order chi connectivity index (χ0) is 0. The molecule has 0 aliphatic rings. The van der Waals surface area contributed by atoms with Crippen molar-refractivity contribution in [3.8, 4) is 0 Å². The summed E-state index contributed by atoms with van der Waals surface area (Å²) in [6, 6.07) is 0. The number of hydrogen-bond acceptors (Lipinski definition) is 0. The summed E-state index contributed by atoms with van der Waals surface area (Å²) in [6.45, 7) is 0. The Kier molecular flexibility index (Phi) is 99.5. The van der Waals surface area contributed by atoms with Crippen LogP contribution in [0.4, 0.5) is 0 Å². The van der Waals surface area contributed by atoms with Gasteiger partial charge in [0, 0.05) is 111 Å². The summed E-state index contributed by atoms with van der Waals surface area (Å²) >= 11 is 0. The van der Waals surface area contributed by atoms with Gasteiger partial charge in [0.1, 0.15) is 0 Å². The van der Waals surface area contributed by atoms with Crippen molar-refractivity contribution in [1.29, 1.82) is 0 Å². The molecular formula is Pu3Sn. The Balaban J connectivity index is 0. The van der Waals surface area contributed by atoms with Gasteiger partial charge in [0.15, 0.2) is 0 Å². The maximum Gasteiger partial charge on any atom is 0 e. The molecule has 0 atom stereocenters. The molecule has 0 N–H and O–H groups in total. The largest absolute Gasteiger partial charge is 0 e. The van der Waals surface area contributed by atoms with Crippen LogP contribution in [-0.4, -0.2) is 23.9 Å². The fourth-order valence-corrected chi connectivity index (χ4v) is 0. The van der Waals surface area contributed by atoms with Gasteiger partial charge < -0.3 is 0 Å². The average Bonchev–Trinajstić information content (AvgIpc) is 0. The van der Waals surface area contributed by atoms with Crippen molar-refractivity contribution in [2.24, 2.45) is 0 Å². The molecule has 0 aromatic heterocycles. The van der Waals surface area contributed by atoms with Gasteiger partial charge in [0.2, 0.25) is 0 Å². The standard InChI is InChI=1S/3Pu.Sn. The topological polar surface area (TPSA) is 0 Å². The second-order valence-corrected chi connectivity index (χ2v) is 0. The summed E-state index contributed by atoms with van der Waals surface area (Å²) in [4.78, 5) is 0. The van der Waals surface area contributed by atoms with E-state index in [0.717, 1.165) is 0 Å². The summed E-state index contributed by atoms with van der Waals surface area (Å²) in [5.41, 5.74) is 0. The summed E-state index contributed by atoms with van der Waals surface area (Å²) in [6.07, 6.45) is 0. The minimum absolute atomic E-state index is 0. The summed E-state index contributed by atoms with van der Waals surface area (Å²) in [5, 5.41) is 0. The molecule has 0 fully saturated rings. The molecule has 4 heteroatoms. The van der Waals surface area contributed by atoms with E-state index in [2.05, 4.69) is 0 Å². The minimum Gasteiger partial charge on any atom is 0 e. The van der Waals surface area contributed by atoms with E-state index in [0.29, 0.717) is 0 Å². The van der Waals surface area contributed by atoms with Crippen LogP contribution in [0, 0.1) is 87.5 Å². The Morgan fingerprint density at radius 1 is 0.500 bits per heavy atom. The third-order valence-corrected chi connectivity index (χ3v) is 0. The molecule has 0 unspecified atom stereocenters. The minimum atomic E-state index is 0. The SMILES string of the molecule is [Pu].[Pu].[Pu].[Sn]. The smallest absolute Gasteiger partial charge is 0 e. The third kappa shape index (κ3) is 9.23. The third-order valence-electron chi connectivity index (χ3n) is 0. The van der Waals surface area contributed by atoms with Gasteiger partial charge >= 0.3 is 0 Å². The van der Waals surface area contributed by atoms with Crippen molar-refractivity contribution in [3.05, 3.63) is 0 Å². The van der Waals surface area contributed by atoms with E-state index in [4.69, 9.17) is 0 Å². The Bertz CT molecular complexity index is 3.25. The molecule has 4 radical (unpaired) electrons.